The molecular weight excluding hydrogens is 478 g/mol. The number of aromatic nitrogens is 2. The molecule has 2 atom stereocenters. The van der Waals surface area contributed by atoms with Crippen LogP contribution in [0.5, 0.6) is 0 Å². The first kappa shape index (κ1) is 30.9. The van der Waals surface area contributed by atoms with Crippen LogP contribution in [0, 0.1) is 23.0 Å². The van der Waals surface area contributed by atoms with Gasteiger partial charge in [0.1, 0.15) is 17.3 Å². The van der Waals surface area contributed by atoms with Crippen LogP contribution in [0.1, 0.15) is 83.9 Å². The van der Waals surface area contributed by atoms with E-state index in [2.05, 4.69) is 48.7 Å². The number of hydrogen-bond acceptors (Lipinski definition) is 4. The maximum absolute atomic E-state index is 13.6. The molecule has 0 radical (unpaired) electrons. The highest BCUT2D eigenvalue weighted by Gasteiger charge is 2.33. The van der Waals surface area contributed by atoms with Crippen LogP contribution in [0.15, 0.2) is 55.4 Å². The van der Waals surface area contributed by atoms with Gasteiger partial charge in [-0.1, -0.05) is 60.1 Å². The van der Waals surface area contributed by atoms with E-state index in [1.807, 2.05) is 33.3 Å². The highest BCUT2D eigenvalue weighted by molar-refractivity contribution is 5.75. The van der Waals surface area contributed by atoms with Crippen molar-refractivity contribution in [2.75, 3.05) is 18.1 Å². The summed E-state index contributed by atoms with van der Waals surface area (Å²) in [4.78, 5) is 8.20. The van der Waals surface area contributed by atoms with Crippen molar-refractivity contribution in [3.8, 4) is 11.3 Å². The molecule has 2 heterocycles. The molecule has 1 aromatic carbocycles. The Morgan fingerprint density at radius 2 is 1.84 bits per heavy atom. The van der Waals surface area contributed by atoms with E-state index in [4.69, 9.17) is 5.73 Å². The van der Waals surface area contributed by atoms with Crippen molar-refractivity contribution in [2.45, 2.75) is 72.6 Å². The van der Waals surface area contributed by atoms with Crippen LogP contribution in [0.25, 0.3) is 17.3 Å². The van der Waals surface area contributed by atoms with Gasteiger partial charge in [0.15, 0.2) is 0 Å². The lowest BCUT2D eigenvalue weighted by molar-refractivity contribution is 0.141. The average molecular weight is 523 g/mol. The number of hydrogen-bond donors (Lipinski definition) is 2. The molecule has 0 saturated heterocycles. The maximum atomic E-state index is 13.6. The highest BCUT2D eigenvalue weighted by atomic mass is 19.1. The molecule has 3 aromatic rings. The Morgan fingerprint density at radius 1 is 1.11 bits per heavy atom. The molecule has 0 bridgehead atoms. The summed E-state index contributed by atoms with van der Waals surface area (Å²) in [6.45, 7) is 14.7. The molecule has 0 amide bonds. The first-order chi connectivity index (χ1) is 18.2. The van der Waals surface area contributed by atoms with Gasteiger partial charge in [-0.15, -0.1) is 0 Å². The van der Waals surface area contributed by atoms with Crippen molar-refractivity contribution >= 4 is 17.5 Å². The molecule has 0 spiro atoms. The number of benzene rings is 1. The first-order valence-electron chi connectivity index (χ1n) is 13.7. The Bertz CT molecular complexity index is 1160. The minimum absolute atomic E-state index is 0.0197. The van der Waals surface area contributed by atoms with Gasteiger partial charge < -0.3 is 11.1 Å². The molecular formula is C32H44F2N4. The average Bonchev–Trinajstić information content (AvgIpc) is 2.95. The number of rotatable bonds is 6. The fourth-order valence-corrected chi connectivity index (χ4v) is 4.98. The highest BCUT2D eigenvalue weighted by Crippen LogP contribution is 2.46. The molecule has 206 valence electrons. The number of halogens is 2. The largest absolute Gasteiger partial charge is 0.398 e. The Kier molecular flexibility index (Phi) is 11.9. The van der Waals surface area contributed by atoms with Gasteiger partial charge in [0.05, 0.1) is 23.1 Å². The van der Waals surface area contributed by atoms with Gasteiger partial charge >= 0.3 is 0 Å². The van der Waals surface area contributed by atoms with Crippen molar-refractivity contribution in [1.82, 2.24) is 9.97 Å². The Labute approximate surface area is 227 Å². The smallest absolute Gasteiger partial charge is 0.149 e. The van der Waals surface area contributed by atoms with E-state index in [0.29, 0.717) is 17.0 Å². The van der Waals surface area contributed by atoms with Crippen molar-refractivity contribution in [3.63, 3.8) is 0 Å². The van der Waals surface area contributed by atoms with Gasteiger partial charge in [0, 0.05) is 18.9 Å². The van der Waals surface area contributed by atoms with E-state index in [-0.39, 0.29) is 16.9 Å². The zero-order chi connectivity index (χ0) is 28.3. The summed E-state index contributed by atoms with van der Waals surface area (Å²) in [5.41, 5.74) is 9.29. The summed E-state index contributed by atoms with van der Waals surface area (Å²) in [6, 6.07) is 9.06. The van der Waals surface area contributed by atoms with Crippen LogP contribution in [-0.2, 0) is 0 Å². The molecule has 2 aromatic heterocycles. The summed E-state index contributed by atoms with van der Waals surface area (Å²) < 4.78 is 27.3. The van der Waals surface area contributed by atoms with Crippen LogP contribution in [0.4, 0.5) is 20.2 Å². The third-order valence-corrected chi connectivity index (χ3v) is 7.61. The third kappa shape index (κ3) is 7.62. The third-order valence-electron chi connectivity index (χ3n) is 7.61. The molecule has 6 heteroatoms. The fraction of sp³-hybridized carbons (Fsp3) is 0.438. The number of anilines is 2. The molecule has 1 aliphatic rings. The van der Waals surface area contributed by atoms with Gasteiger partial charge in [-0.05, 0) is 78.5 Å². The topological polar surface area (TPSA) is 63.8 Å². The van der Waals surface area contributed by atoms with Gasteiger partial charge in [-0.2, -0.15) is 0 Å². The molecule has 2 unspecified atom stereocenters. The fourth-order valence-electron chi connectivity index (χ4n) is 4.98. The predicted molar refractivity (Wildman–Crippen MR) is 158 cm³/mol. The second-order valence-electron chi connectivity index (χ2n) is 10.1. The van der Waals surface area contributed by atoms with Crippen LogP contribution >= 0.6 is 0 Å². The number of nitrogens with two attached hydrogens (primary N) is 1. The van der Waals surface area contributed by atoms with Crippen LogP contribution in [0.3, 0.4) is 0 Å². The van der Waals surface area contributed by atoms with E-state index < -0.39 is 11.6 Å². The summed E-state index contributed by atoms with van der Waals surface area (Å²) in [6.07, 6.45) is 12.1. The standard InChI is InChI=1S/C17H28N2.C13H10F2N2.C2H6/c1-5-17(2,3)14-8-6-7-13(11-14)15-9-10-19-12-16(15)18-4;1-2-8-6-7-10(15)13(17-8)12-9(14)4-3-5-11(12)16;1-2/h9-10,12-14,18H,5-8,11H2,1-4H3;2-7H,1,16H2;1-2H3. The summed E-state index contributed by atoms with van der Waals surface area (Å²) in [5, 5.41) is 3.30. The van der Waals surface area contributed by atoms with Crippen molar-refractivity contribution in [1.29, 1.82) is 0 Å². The van der Waals surface area contributed by atoms with Crippen molar-refractivity contribution < 1.29 is 8.78 Å². The molecule has 1 fully saturated rings. The number of pyridine rings is 2. The van der Waals surface area contributed by atoms with Gasteiger partial charge in [-0.3, -0.25) is 4.98 Å². The Hall–Kier alpha value is -3.28. The molecule has 0 aliphatic heterocycles. The van der Waals surface area contributed by atoms with E-state index in [9.17, 15) is 8.78 Å². The second-order valence-corrected chi connectivity index (χ2v) is 10.1. The molecule has 4 nitrogen and oxygen atoms in total. The van der Waals surface area contributed by atoms with E-state index in [0.717, 1.165) is 5.92 Å². The van der Waals surface area contributed by atoms with Crippen molar-refractivity contribution in [3.05, 3.63) is 78.3 Å². The zero-order valence-electron chi connectivity index (χ0n) is 23.8. The molecule has 1 aliphatic carbocycles. The SMILES string of the molecule is C=Cc1ccc(F)c(-c2c(N)cccc2F)n1.CC.CCC(C)(C)C1CCCC(c2ccncc2NC)C1. The van der Waals surface area contributed by atoms with E-state index in [1.165, 1.54) is 79.8 Å². The Morgan fingerprint density at radius 3 is 2.47 bits per heavy atom. The first-order valence-corrected chi connectivity index (χ1v) is 13.7. The van der Waals surface area contributed by atoms with Gasteiger partial charge in [0.25, 0.3) is 0 Å². The minimum Gasteiger partial charge on any atom is -0.398 e. The van der Waals surface area contributed by atoms with Crippen LogP contribution < -0.4 is 11.1 Å². The zero-order valence-corrected chi connectivity index (χ0v) is 23.8. The minimum atomic E-state index is -0.618. The quantitative estimate of drug-likeness (QED) is 0.317. The van der Waals surface area contributed by atoms with E-state index in [1.54, 1.807) is 0 Å². The second kappa shape index (κ2) is 14.6. The monoisotopic (exact) mass is 522 g/mol. The number of nitrogen functional groups attached to an aromatic ring is 1. The lowest BCUT2D eigenvalue weighted by atomic mass is 9.66. The molecule has 4 rings (SSSR count). The van der Waals surface area contributed by atoms with Crippen LogP contribution in [-0.4, -0.2) is 17.0 Å². The molecule has 1 saturated carbocycles. The Balaban J connectivity index is 0.000000252. The molecule has 38 heavy (non-hydrogen) atoms. The predicted octanol–water partition coefficient (Wildman–Crippen LogP) is 9.11. The van der Waals surface area contributed by atoms with Crippen molar-refractivity contribution in [2.24, 2.45) is 11.3 Å². The molecule has 3 N–H and O–H groups in total. The van der Waals surface area contributed by atoms with Crippen LogP contribution in [0.2, 0.25) is 0 Å². The van der Waals surface area contributed by atoms with Gasteiger partial charge in [-0.25, -0.2) is 13.8 Å². The number of nitrogens with zero attached hydrogens (tertiary/aromatic N) is 2. The summed E-state index contributed by atoms with van der Waals surface area (Å²) in [7, 11) is 2.00. The summed E-state index contributed by atoms with van der Waals surface area (Å²) >= 11 is 0. The number of nitrogens with one attached hydrogen (secondary N) is 1. The lowest BCUT2D eigenvalue weighted by Gasteiger charge is -2.40. The lowest BCUT2D eigenvalue weighted by Crippen LogP contribution is -2.28. The normalized spacial score (nSPS) is 16.8. The summed E-state index contributed by atoms with van der Waals surface area (Å²) in [5.74, 6) is 0.342. The van der Waals surface area contributed by atoms with E-state index >= 15 is 0 Å². The maximum Gasteiger partial charge on any atom is 0.149 e. The van der Waals surface area contributed by atoms with Gasteiger partial charge in [0.2, 0.25) is 0 Å².